The summed E-state index contributed by atoms with van der Waals surface area (Å²) in [6.45, 7) is 6.91. The van der Waals surface area contributed by atoms with Gasteiger partial charge in [-0.25, -0.2) is 4.98 Å². The van der Waals surface area contributed by atoms with Crippen LogP contribution in [0.25, 0.3) is 11.0 Å². The Labute approximate surface area is 228 Å². The predicted molar refractivity (Wildman–Crippen MR) is 148 cm³/mol. The Balaban J connectivity index is 1.43. The van der Waals surface area contributed by atoms with Gasteiger partial charge in [-0.15, -0.1) is 0 Å². The number of carbonyl (C=O) groups is 1. The van der Waals surface area contributed by atoms with Crippen molar-refractivity contribution in [2.75, 3.05) is 19.4 Å². The summed E-state index contributed by atoms with van der Waals surface area (Å²) < 4.78 is 13.1. The molecule has 1 aliphatic rings. The second-order valence-electron chi connectivity index (χ2n) is 9.71. The van der Waals surface area contributed by atoms with Crippen LogP contribution in [0.5, 0.6) is 5.75 Å². The molecule has 0 bridgehead atoms. The Hall–Kier alpha value is -3.35. The molecule has 1 fully saturated rings. The summed E-state index contributed by atoms with van der Waals surface area (Å²) in [5.41, 5.74) is 10.0. The number of pyridine rings is 1. The first-order valence-electron chi connectivity index (χ1n) is 13.0. The summed E-state index contributed by atoms with van der Waals surface area (Å²) in [6.07, 6.45) is 9.45. The normalized spacial score (nSPS) is 14.3. The SMILES string of the molecule is COc1c(C)cnc(Cn2cc(C#CCCCNC(C)C(=O)OC3CCCC3)c3c(Cl)nc(N)nc32)c1C. The first kappa shape index (κ1) is 27.7. The molecular formula is C28H35ClN6O3. The van der Waals surface area contributed by atoms with Gasteiger partial charge in [0.1, 0.15) is 28.7 Å². The number of anilines is 1. The van der Waals surface area contributed by atoms with Gasteiger partial charge in [0.25, 0.3) is 0 Å². The van der Waals surface area contributed by atoms with Crippen molar-refractivity contribution in [1.29, 1.82) is 0 Å². The number of methoxy groups -OCH3 is 1. The Bertz CT molecular complexity index is 1370. The summed E-state index contributed by atoms with van der Waals surface area (Å²) in [7, 11) is 1.66. The van der Waals surface area contributed by atoms with Gasteiger partial charge in [-0.3, -0.25) is 9.78 Å². The standard InChI is InChI=1S/C28H35ClN6O3/c1-17-14-32-22(18(2)24(17)37-4)16-35-15-20(23-25(29)33-28(30)34-26(23)35)10-6-5-9-13-31-19(3)27(36)38-21-11-7-8-12-21/h14-15,19,21,31H,5,7-9,11-13,16H2,1-4H3,(H2,30,33,34). The number of carbonyl (C=O) groups excluding carboxylic acids is 1. The molecule has 3 heterocycles. The molecule has 1 aliphatic carbocycles. The lowest BCUT2D eigenvalue weighted by Gasteiger charge is -2.16. The van der Waals surface area contributed by atoms with Crippen LogP contribution in [0, 0.1) is 25.7 Å². The number of nitrogen functional groups attached to an aromatic ring is 1. The predicted octanol–water partition coefficient (Wildman–Crippen LogP) is 4.33. The number of fused-ring (bicyclic) bond motifs is 1. The molecule has 4 rings (SSSR count). The zero-order valence-electron chi connectivity index (χ0n) is 22.4. The molecule has 3 N–H and O–H groups in total. The van der Waals surface area contributed by atoms with E-state index in [0.29, 0.717) is 30.5 Å². The van der Waals surface area contributed by atoms with Crippen molar-refractivity contribution in [1.82, 2.24) is 24.8 Å². The molecule has 0 spiro atoms. The third-order valence-electron chi connectivity index (χ3n) is 6.85. The van der Waals surface area contributed by atoms with Crippen LogP contribution < -0.4 is 15.8 Å². The van der Waals surface area contributed by atoms with Crippen LogP contribution in [0.15, 0.2) is 12.4 Å². The topological polar surface area (TPSA) is 117 Å². The molecule has 10 heteroatoms. The molecule has 0 amide bonds. The van der Waals surface area contributed by atoms with Gasteiger partial charge in [0, 0.05) is 29.9 Å². The largest absolute Gasteiger partial charge is 0.496 e. The highest BCUT2D eigenvalue weighted by Crippen LogP contribution is 2.29. The molecule has 0 aliphatic heterocycles. The van der Waals surface area contributed by atoms with E-state index in [-0.39, 0.29) is 29.2 Å². The fraction of sp³-hybridized carbons (Fsp3) is 0.500. The fourth-order valence-electron chi connectivity index (χ4n) is 4.78. The van der Waals surface area contributed by atoms with E-state index in [0.717, 1.165) is 60.2 Å². The van der Waals surface area contributed by atoms with Crippen LogP contribution in [0.1, 0.15) is 67.8 Å². The smallest absolute Gasteiger partial charge is 0.323 e. The maximum Gasteiger partial charge on any atom is 0.323 e. The number of halogens is 1. The molecular weight excluding hydrogens is 504 g/mol. The van der Waals surface area contributed by atoms with E-state index in [4.69, 9.17) is 26.8 Å². The Morgan fingerprint density at radius 2 is 2.08 bits per heavy atom. The number of hydrogen-bond donors (Lipinski definition) is 2. The molecule has 38 heavy (non-hydrogen) atoms. The molecule has 0 saturated heterocycles. The van der Waals surface area contributed by atoms with Crippen LogP contribution in [0.4, 0.5) is 5.95 Å². The van der Waals surface area contributed by atoms with E-state index in [1.807, 2.05) is 31.5 Å². The zero-order chi connectivity index (χ0) is 27.2. The lowest BCUT2D eigenvalue weighted by atomic mass is 10.1. The van der Waals surface area contributed by atoms with Crippen LogP contribution in [0.3, 0.4) is 0 Å². The van der Waals surface area contributed by atoms with Gasteiger partial charge in [0.05, 0.1) is 30.3 Å². The molecule has 9 nitrogen and oxygen atoms in total. The number of ether oxygens (including phenoxy) is 2. The van der Waals surface area contributed by atoms with Gasteiger partial charge in [-0.2, -0.15) is 4.98 Å². The Morgan fingerprint density at radius 3 is 2.82 bits per heavy atom. The van der Waals surface area contributed by atoms with Crippen molar-refractivity contribution in [2.24, 2.45) is 0 Å². The van der Waals surface area contributed by atoms with Crippen LogP contribution in [0.2, 0.25) is 5.15 Å². The molecule has 0 aromatic carbocycles. The second kappa shape index (κ2) is 12.5. The van der Waals surface area contributed by atoms with Gasteiger partial charge in [0.15, 0.2) is 0 Å². The summed E-state index contributed by atoms with van der Waals surface area (Å²) in [6, 6.07) is -0.333. The monoisotopic (exact) mass is 538 g/mol. The first-order chi connectivity index (χ1) is 18.3. The van der Waals surface area contributed by atoms with E-state index in [1.54, 1.807) is 13.3 Å². The van der Waals surface area contributed by atoms with Crippen molar-refractivity contribution < 1.29 is 14.3 Å². The van der Waals surface area contributed by atoms with Gasteiger partial charge in [-0.05, 0) is 59.4 Å². The van der Waals surface area contributed by atoms with E-state index in [1.165, 1.54) is 0 Å². The number of nitrogens with zero attached hydrogens (tertiary/aromatic N) is 4. The minimum Gasteiger partial charge on any atom is -0.496 e. The zero-order valence-corrected chi connectivity index (χ0v) is 23.2. The second-order valence-corrected chi connectivity index (χ2v) is 10.1. The van der Waals surface area contributed by atoms with Crippen molar-refractivity contribution >= 4 is 34.6 Å². The van der Waals surface area contributed by atoms with Gasteiger partial charge >= 0.3 is 5.97 Å². The highest BCUT2D eigenvalue weighted by molar-refractivity contribution is 6.34. The van der Waals surface area contributed by atoms with Gasteiger partial charge in [0.2, 0.25) is 5.95 Å². The number of aryl methyl sites for hydroxylation is 1. The fourth-order valence-corrected chi connectivity index (χ4v) is 5.05. The quantitative estimate of drug-likeness (QED) is 0.179. The average Bonchev–Trinajstić information content (AvgIpc) is 3.51. The van der Waals surface area contributed by atoms with Crippen LogP contribution in [-0.4, -0.2) is 51.3 Å². The summed E-state index contributed by atoms with van der Waals surface area (Å²) in [5.74, 6) is 7.16. The highest BCUT2D eigenvalue weighted by atomic mass is 35.5. The van der Waals surface area contributed by atoms with Gasteiger partial charge < -0.3 is 25.1 Å². The van der Waals surface area contributed by atoms with E-state index >= 15 is 0 Å². The lowest BCUT2D eigenvalue weighted by molar-refractivity contribution is -0.150. The number of nitrogens with two attached hydrogens (primary N) is 1. The summed E-state index contributed by atoms with van der Waals surface area (Å²) in [4.78, 5) is 25.4. The number of nitrogens with one attached hydrogen (secondary N) is 1. The summed E-state index contributed by atoms with van der Waals surface area (Å²) >= 11 is 6.47. The van der Waals surface area contributed by atoms with Crippen molar-refractivity contribution in [3.63, 3.8) is 0 Å². The van der Waals surface area contributed by atoms with Crippen molar-refractivity contribution in [3.05, 3.63) is 39.9 Å². The van der Waals surface area contributed by atoms with Crippen LogP contribution in [-0.2, 0) is 16.1 Å². The van der Waals surface area contributed by atoms with Crippen molar-refractivity contribution in [3.8, 4) is 17.6 Å². The molecule has 1 saturated carbocycles. The molecule has 0 radical (unpaired) electrons. The minimum absolute atomic E-state index is 0.0821. The number of aromatic nitrogens is 4. The Morgan fingerprint density at radius 1 is 1.32 bits per heavy atom. The maximum atomic E-state index is 12.2. The molecule has 202 valence electrons. The van der Waals surface area contributed by atoms with E-state index in [2.05, 4.69) is 32.1 Å². The van der Waals surface area contributed by atoms with Crippen LogP contribution >= 0.6 is 11.6 Å². The summed E-state index contributed by atoms with van der Waals surface area (Å²) in [5, 5.41) is 4.15. The van der Waals surface area contributed by atoms with E-state index in [9.17, 15) is 4.79 Å². The molecule has 1 unspecified atom stereocenters. The van der Waals surface area contributed by atoms with Gasteiger partial charge in [-0.1, -0.05) is 23.4 Å². The number of unbranched alkanes of at least 4 members (excludes halogenated alkanes) is 1. The van der Waals surface area contributed by atoms with Crippen molar-refractivity contribution in [2.45, 2.75) is 78.0 Å². The average molecular weight is 539 g/mol. The number of esters is 1. The third-order valence-corrected chi connectivity index (χ3v) is 7.12. The first-order valence-corrected chi connectivity index (χ1v) is 13.4. The maximum absolute atomic E-state index is 12.2. The Kier molecular flexibility index (Phi) is 9.08. The number of rotatable bonds is 9. The molecule has 1 atom stereocenters. The minimum atomic E-state index is -0.333. The lowest BCUT2D eigenvalue weighted by Crippen LogP contribution is -2.37. The number of hydrogen-bond acceptors (Lipinski definition) is 8. The highest BCUT2D eigenvalue weighted by Gasteiger charge is 2.22. The molecule has 3 aromatic heterocycles. The third kappa shape index (κ3) is 6.37. The molecule has 3 aromatic rings. The van der Waals surface area contributed by atoms with E-state index < -0.39 is 0 Å².